The third kappa shape index (κ3) is 3.48. The van der Waals surface area contributed by atoms with Gasteiger partial charge in [0.1, 0.15) is 5.75 Å². The summed E-state index contributed by atoms with van der Waals surface area (Å²) in [6.07, 6.45) is 2.60. The largest absolute Gasteiger partial charge is 0.492 e. The average molecular weight is 380 g/mol. The second-order valence-corrected chi connectivity index (χ2v) is 8.50. The van der Waals surface area contributed by atoms with Crippen LogP contribution in [0.1, 0.15) is 32.3 Å². The van der Waals surface area contributed by atoms with E-state index in [2.05, 4.69) is 6.92 Å². The number of unbranched alkanes of at least 4 members (excludes halogenated alkanes) is 1. The van der Waals surface area contributed by atoms with Crippen LogP contribution in [0.25, 0.3) is 0 Å². The molecule has 1 aliphatic heterocycles. The van der Waals surface area contributed by atoms with E-state index in [0.29, 0.717) is 23.8 Å². The van der Waals surface area contributed by atoms with Crippen molar-refractivity contribution in [3.63, 3.8) is 0 Å². The second-order valence-electron chi connectivity index (χ2n) is 6.28. The Morgan fingerprint density at radius 2 is 2.00 bits per heavy atom. The highest BCUT2D eigenvalue weighted by Crippen LogP contribution is 2.38. The quantitative estimate of drug-likeness (QED) is 0.686. The third-order valence-corrected chi connectivity index (χ3v) is 6.60. The summed E-state index contributed by atoms with van der Waals surface area (Å²) in [5.74, 6) is 0.413. The van der Waals surface area contributed by atoms with Crippen molar-refractivity contribution in [2.24, 2.45) is 0 Å². The predicted molar refractivity (Wildman–Crippen MR) is 101 cm³/mol. The number of hydrogen-bond donors (Lipinski definition) is 0. The van der Waals surface area contributed by atoms with Gasteiger partial charge in [0.05, 0.1) is 22.2 Å². The number of hydrogen-bond acceptors (Lipinski definition) is 3. The molecule has 0 aliphatic carbocycles. The highest BCUT2D eigenvalue weighted by atomic mass is 35.5. The topological polar surface area (TPSA) is 46.6 Å². The third-order valence-electron chi connectivity index (χ3n) is 4.36. The van der Waals surface area contributed by atoms with Gasteiger partial charge in [-0.1, -0.05) is 43.1 Å². The first-order chi connectivity index (χ1) is 11.9. The van der Waals surface area contributed by atoms with Crippen molar-refractivity contribution in [1.82, 2.24) is 0 Å². The van der Waals surface area contributed by atoms with Crippen LogP contribution >= 0.6 is 11.6 Å². The lowest BCUT2D eigenvalue weighted by atomic mass is 10.1. The van der Waals surface area contributed by atoms with Gasteiger partial charge < -0.3 is 4.74 Å². The van der Waals surface area contributed by atoms with E-state index in [-0.39, 0.29) is 10.9 Å². The van der Waals surface area contributed by atoms with Crippen molar-refractivity contribution >= 4 is 27.3 Å². The van der Waals surface area contributed by atoms with E-state index < -0.39 is 10.0 Å². The summed E-state index contributed by atoms with van der Waals surface area (Å²) in [4.78, 5) is 0.201. The Kier molecular flexibility index (Phi) is 5.25. The second kappa shape index (κ2) is 7.26. The van der Waals surface area contributed by atoms with E-state index in [0.717, 1.165) is 24.1 Å². The van der Waals surface area contributed by atoms with Crippen LogP contribution in [-0.2, 0) is 16.4 Å². The Morgan fingerprint density at radius 3 is 2.76 bits per heavy atom. The zero-order valence-corrected chi connectivity index (χ0v) is 16.0. The standard InChI is InChI=1S/C19H22ClNO3S/c1-3-4-11-24-19-13-16(9-10-17(19)20)25(22,23)21-14(2)12-15-7-5-6-8-18(15)21/h5-10,13-14H,3-4,11-12H2,1-2H3. The van der Waals surface area contributed by atoms with Crippen LogP contribution in [0.2, 0.25) is 5.02 Å². The van der Waals surface area contributed by atoms with Gasteiger partial charge in [-0.15, -0.1) is 0 Å². The fraction of sp³-hybridized carbons (Fsp3) is 0.368. The lowest BCUT2D eigenvalue weighted by molar-refractivity contribution is 0.309. The van der Waals surface area contributed by atoms with E-state index in [1.165, 1.54) is 16.4 Å². The molecule has 1 heterocycles. The van der Waals surface area contributed by atoms with Crippen LogP contribution < -0.4 is 9.04 Å². The molecule has 0 amide bonds. The molecule has 1 aliphatic rings. The van der Waals surface area contributed by atoms with Crippen molar-refractivity contribution in [1.29, 1.82) is 0 Å². The number of fused-ring (bicyclic) bond motifs is 1. The number of ether oxygens (including phenoxy) is 1. The molecule has 0 saturated heterocycles. The highest BCUT2D eigenvalue weighted by molar-refractivity contribution is 7.92. The molecule has 0 aromatic heterocycles. The van der Waals surface area contributed by atoms with Crippen LogP contribution in [0.4, 0.5) is 5.69 Å². The van der Waals surface area contributed by atoms with E-state index >= 15 is 0 Å². The van der Waals surface area contributed by atoms with Crippen LogP contribution in [0, 0.1) is 0 Å². The smallest absolute Gasteiger partial charge is 0.264 e. The number of rotatable bonds is 6. The molecule has 1 unspecified atom stereocenters. The van der Waals surface area contributed by atoms with Crippen molar-refractivity contribution < 1.29 is 13.2 Å². The molecule has 0 saturated carbocycles. The summed E-state index contributed by atoms with van der Waals surface area (Å²) < 4.78 is 33.6. The zero-order valence-electron chi connectivity index (χ0n) is 14.4. The van der Waals surface area contributed by atoms with Crippen LogP contribution in [-0.4, -0.2) is 21.1 Å². The van der Waals surface area contributed by atoms with Crippen LogP contribution in [0.3, 0.4) is 0 Å². The van der Waals surface area contributed by atoms with E-state index in [4.69, 9.17) is 16.3 Å². The zero-order chi connectivity index (χ0) is 18.0. The van der Waals surface area contributed by atoms with Crippen molar-refractivity contribution in [3.05, 3.63) is 53.1 Å². The molecule has 1 atom stereocenters. The molecule has 0 N–H and O–H groups in total. The maximum atomic E-state index is 13.2. The monoisotopic (exact) mass is 379 g/mol. The maximum absolute atomic E-state index is 13.2. The molecule has 2 aromatic carbocycles. The Bertz CT molecular complexity index is 867. The molecule has 6 heteroatoms. The lowest BCUT2D eigenvalue weighted by Crippen LogP contribution is -2.35. The van der Waals surface area contributed by atoms with Gasteiger partial charge in [0, 0.05) is 12.1 Å². The summed E-state index contributed by atoms with van der Waals surface area (Å²) in [5.41, 5.74) is 1.80. The number of anilines is 1. The van der Waals surface area contributed by atoms with Crippen LogP contribution in [0.5, 0.6) is 5.75 Å². The molecule has 0 fully saturated rings. The number of nitrogens with zero attached hydrogens (tertiary/aromatic N) is 1. The van der Waals surface area contributed by atoms with Gasteiger partial charge >= 0.3 is 0 Å². The number of sulfonamides is 1. The minimum absolute atomic E-state index is 0.123. The molecule has 0 radical (unpaired) electrons. The van der Waals surface area contributed by atoms with Crippen molar-refractivity contribution in [3.8, 4) is 5.75 Å². The fourth-order valence-electron chi connectivity index (χ4n) is 3.10. The van der Waals surface area contributed by atoms with Crippen molar-refractivity contribution in [2.45, 2.75) is 44.0 Å². The fourth-order valence-corrected chi connectivity index (χ4v) is 4.98. The molecule has 0 bridgehead atoms. The maximum Gasteiger partial charge on any atom is 0.264 e. The lowest BCUT2D eigenvalue weighted by Gasteiger charge is -2.24. The summed E-state index contributed by atoms with van der Waals surface area (Å²) in [5, 5.41) is 0.421. The molecule has 134 valence electrons. The van der Waals surface area contributed by atoms with Gasteiger partial charge in [-0.25, -0.2) is 8.42 Å². The minimum atomic E-state index is -3.68. The molecule has 4 nitrogen and oxygen atoms in total. The van der Waals surface area contributed by atoms with Gasteiger partial charge in [0.15, 0.2) is 0 Å². The van der Waals surface area contributed by atoms with Gasteiger partial charge in [-0.2, -0.15) is 0 Å². The Hall–Kier alpha value is -1.72. The first kappa shape index (κ1) is 18.1. The summed E-state index contributed by atoms with van der Waals surface area (Å²) >= 11 is 6.16. The molecular formula is C19H22ClNO3S. The summed E-state index contributed by atoms with van der Waals surface area (Å²) in [6, 6.07) is 12.2. The van der Waals surface area contributed by atoms with Gasteiger partial charge in [0.25, 0.3) is 10.0 Å². The average Bonchev–Trinajstić information content (AvgIpc) is 2.93. The summed E-state index contributed by atoms with van der Waals surface area (Å²) in [6.45, 7) is 4.51. The Balaban J connectivity index is 1.97. The van der Waals surface area contributed by atoms with Crippen molar-refractivity contribution in [2.75, 3.05) is 10.9 Å². The minimum Gasteiger partial charge on any atom is -0.492 e. The van der Waals surface area contributed by atoms with Gasteiger partial charge in [-0.3, -0.25) is 4.31 Å². The number of benzene rings is 2. The number of para-hydroxylation sites is 1. The SMILES string of the molecule is CCCCOc1cc(S(=O)(=O)N2c3ccccc3CC2C)ccc1Cl. The van der Waals surface area contributed by atoms with Gasteiger partial charge in [0.2, 0.25) is 0 Å². The summed E-state index contributed by atoms with van der Waals surface area (Å²) in [7, 11) is -3.68. The van der Waals surface area contributed by atoms with E-state index in [1.807, 2.05) is 31.2 Å². The molecule has 2 aromatic rings. The van der Waals surface area contributed by atoms with Crippen LogP contribution in [0.15, 0.2) is 47.4 Å². The number of halogens is 1. The van der Waals surface area contributed by atoms with E-state index in [1.54, 1.807) is 6.07 Å². The molecule has 0 spiro atoms. The first-order valence-corrected chi connectivity index (χ1v) is 10.3. The molecule has 3 rings (SSSR count). The Labute approximate surface area is 154 Å². The normalized spacial score (nSPS) is 16.8. The predicted octanol–water partition coefficient (Wildman–Crippen LogP) is 4.66. The highest BCUT2D eigenvalue weighted by Gasteiger charge is 2.36. The molecule has 25 heavy (non-hydrogen) atoms. The van der Waals surface area contributed by atoms with E-state index in [9.17, 15) is 8.42 Å². The first-order valence-electron chi connectivity index (χ1n) is 8.50. The van der Waals surface area contributed by atoms with Gasteiger partial charge in [-0.05, 0) is 43.5 Å². The molecular weight excluding hydrogens is 358 g/mol. The Morgan fingerprint density at radius 1 is 1.24 bits per heavy atom.